The van der Waals surface area contributed by atoms with Gasteiger partial charge in [-0.1, -0.05) is 72.8 Å². The van der Waals surface area contributed by atoms with E-state index in [4.69, 9.17) is 4.74 Å². The molecular formula is C35H41N3O4S. The molecule has 0 fully saturated rings. The predicted molar refractivity (Wildman–Crippen MR) is 174 cm³/mol. The van der Waals surface area contributed by atoms with Crippen LogP contribution in [0.5, 0.6) is 5.75 Å². The summed E-state index contributed by atoms with van der Waals surface area (Å²) in [5.74, 6) is 0.605. The first-order chi connectivity index (χ1) is 20.7. The average molecular weight is 600 g/mol. The van der Waals surface area contributed by atoms with E-state index >= 15 is 0 Å². The molecule has 0 aromatic heterocycles. The fraction of sp³-hybridized carbons (Fsp3) is 0.343. The molecule has 0 saturated heterocycles. The van der Waals surface area contributed by atoms with E-state index in [9.17, 15) is 13.6 Å². The van der Waals surface area contributed by atoms with E-state index in [1.807, 2.05) is 72.8 Å². The number of amides is 1. The summed E-state index contributed by atoms with van der Waals surface area (Å²) in [6.45, 7) is 10.1. The number of carbonyl (C=O) groups is 1. The number of carbonyl (C=O) groups excluding carboxylic acids is 1. The zero-order valence-corrected chi connectivity index (χ0v) is 26.1. The molecular weight excluding hydrogens is 558 g/mol. The molecule has 43 heavy (non-hydrogen) atoms. The van der Waals surface area contributed by atoms with Crippen LogP contribution in [0.3, 0.4) is 0 Å². The lowest BCUT2D eigenvalue weighted by atomic mass is 9.97. The van der Waals surface area contributed by atoms with Gasteiger partial charge in [-0.05, 0) is 67.8 Å². The third-order valence-corrected chi connectivity index (χ3v) is 8.95. The number of nitrogens with one attached hydrogen (secondary N) is 1. The highest BCUT2D eigenvalue weighted by Gasteiger charge is 2.30. The van der Waals surface area contributed by atoms with Gasteiger partial charge in [0.15, 0.2) is 0 Å². The minimum atomic E-state index is -2.37. The van der Waals surface area contributed by atoms with Crippen LogP contribution in [-0.2, 0) is 22.6 Å². The monoisotopic (exact) mass is 599 g/mol. The molecule has 1 aliphatic heterocycles. The maximum Gasteiger partial charge on any atom is 0.262 e. The van der Waals surface area contributed by atoms with Crippen LogP contribution in [-0.4, -0.2) is 38.3 Å². The number of anilines is 1. The second-order valence-corrected chi connectivity index (χ2v) is 12.6. The highest BCUT2D eigenvalue weighted by Crippen LogP contribution is 2.36. The van der Waals surface area contributed by atoms with Crippen molar-refractivity contribution >= 4 is 33.6 Å². The molecule has 0 spiro atoms. The van der Waals surface area contributed by atoms with Crippen LogP contribution >= 0.6 is 0 Å². The summed E-state index contributed by atoms with van der Waals surface area (Å²) >= 11 is -2.37. The van der Waals surface area contributed by atoms with Crippen LogP contribution in [0.2, 0.25) is 0 Å². The van der Waals surface area contributed by atoms with E-state index in [1.165, 1.54) is 9.87 Å². The van der Waals surface area contributed by atoms with Crippen molar-refractivity contribution < 1.29 is 18.3 Å². The van der Waals surface area contributed by atoms with Crippen molar-refractivity contribution in [3.05, 3.63) is 108 Å². The van der Waals surface area contributed by atoms with Gasteiger partial charge >= 0.3 is 0 Å². The van der Waals surface area contributed by atoms with Gasteiger partial charge in [-0.25, -0.2) is 4.21 Å². The summed E-state index contributed by atoms with van der Waals surface area (Å²) in [7, 11) is 0. The molecule has 1 amide bonds. The van der Waals surface area contributed by atoms with Gasteiger partial charge < -0.3 is 10.1 Å². The first-order valence-corrected chi connectivity index (χ1v) is 16.0. The van der Waals surface area contributed by atoms with Crippen LogP contribution in [0.25, 0.3) is 10.8 Å². The van der Waals surface area contributed by atoms with Crippen LogP contribution in [0.15, 0.2) is 91.0 Å². The number of hydrogen-bond donors (Lipinski definition) is 2. The van der Waals surface area contributed by atoms with E-state index in [2.05, 4.69) is 56.1 Å². The third kappa shape index (κ3) is 7.26. The zero-order chi connectivity index (χ0) is 30.5. The highest BCUT2D eigenvalue weighted by atomic mass is 32.2. The van der Waals surface area contributed by atoms with Gasteiger partial charge in [-0.15, -0.1) is 0 Å². The van der Waals surface area contributed by atoms with Gasteiger partial charge in [-0.2, -0.15) is 0 Å². The third-order valence-electron chi connectivity index (χ3n) is 8.15. The predicted octanol–water partition coefficient (Wildman–Crippen LogP) is 7.17. The molecule has 7 nitrogen and oxygen atoms in total. The number of hydrogen-bond acceptors (Lipinski definition) is 4. The number of rotatable bonds is 11. The van der Waals surface area contributed by atoms with Crippen molar-refractivity contribution in [3.8, 4) is 5.75 Å². The minimum absolute atomic E-state index is 0.00561. The van der Waals surface area contributed by atoms with E-state index in [0.29, 0.717) is 30.8 Å². The fourth-order valence-electron chi connectivity index (χ4n) is 5.99. The molecule has 4 aromatic rings. The second kappa shape index (κ2) is 13.7. The number of fused-ring (bicyclic) bond motifs is 2. The van der Waals surface area contributed by atoms with E-state index < -0.39 is 17.3 Å². The van der Waals surface area contributed by atoms with Crippen molar-refractivity contribution in [3.63, 3.8) is 0 Å². The average Bonchev–Trinajstić information content (AvgIpc) is 2.99. The Morgan fingerprint density at radius 1 is 0.930 bits per heavy atom. The lowest BCUT2D eigenvalue weighted by Crippen LogP contribution is -2.37. The molecule has 0 bridgehead atoms. The minimum Gasteiger partial charge on any atom is -0.493 e. The number of nitrogens with zero attached hydrogens (tertiary/aromatic N) is 2. The van der Waals surface area contributed by atoms with Crippen LogP contribution in [0.1, 0.15) is 69.3 Å². The maximum atomic E-state index is 13.7. The zero-order valence-electron chi connectivity index (χ0n) is 25.3. The summed E-state index contributed by atoms with van der Waals surface area (Å²) in [6, 6.07) is 29.2. The van der Waals surface area contributed by atoms with Crippen molar-refractivity contribution in [2.45, 2.75) is 71.2 Å². The van der Waals surface area contributed by atoms with Crippen LogP contribution < -0.4 is 14.4 Å². The first kappa shape index (κ1) is 30.7. The molecule has 226 valence electrons. The normalized spacial score (nSPS) is 16.1. The molecule has 1 aliphatic rings. The summed E-state index contributed by atoms with van der Waals surface area (Å²) in [4.78, 5) is 16.1. The molecule has 3 unspecified atom stereocenters. The first-order valence-electron chi connectivity index (χ1n) is 15.0. The standard InChI is InChI=1S/C35H41N3O4S/c1-24(2)37(25(3)4)23-26-14-17-31-32(18-19-42-34(31)20-26)36-35(39)22-33(28-11-6-5-7-12-28)38(43(40)41)30-16-15-27-10-8-9-13-29(27)21-30/h5-17,20-21,24-25,32-33H,18-19,22-23H2,1-4H3,(H,36,39)(H,40,41). The molecule has 2 N–H and O–H groups in total. The molecule has 1 heterocycles. The Bertz CT molecular complexity index is 1570. The summed E-state index contributed by atoms with van der Waals surface area (Å²) in [6.07, 6.45) is 0.657. The largest absolute Gasteiger partial charge is 0.493 e. The van der Waals surface area contributed by atoms with Crippen molar-refractivity contribution in [1.82, 2.24) is 10.2 Å². The van der Waals surface area contributed by atoms with Gasteiger partial charge in [0.05, 0.1) is 30.8 Å². The Hall–Kier alpha value is -3.72. The van der Waals surface area contributed by atoms with Gasteiger partial charge in [0.1, 0.15) is 5.75 Å². The quantitative estimate of drug-likeness (QED) is 0.179. The van der Waals surface area contributed by atoms with Gasteiger partial charge in [0.25, 0.3) is 11.3 Å². The van der Waals surface area contributed by atoms with Gasteiger partial charge in [0.2, 0.25) is 5.91 Å². The Morgan fingerprint density at radius 2 is 1.63 bits per heavy atom. The molecule has 3 atom stereocenters. The van der Waals surface area contributed by atoms with Crippen LogP contribution in [0, 0.1) is 0 Å². The molecule has 0 aliphatic carbocycles. The van der Waals surface area contributed by atoms with E-state index in [-0.39, 0.29) is 18.4 Å². The van der Waals surface area contributed by atoms with Gasteiger partial charge in [0, 0.05) is 30.6 Å². The highest BCUT2D eigenvalue weighted by molar-refractivity contribution is 7.80. The molecule has 0 radical (unpaired) electrons. The lowest BCUT2D eigenvalue weighted by Gasteiger charge is -2.32. The Balaban J connectivity index is 1.38. The summed E-state index contributed by atoms with van der Waals surface area (Å²) < 4.78 is 30.9. The topological polar surface area (TPSA) is 82.1 Å². The van der Waals surface area contributed by atoms with Crippen LogP contribution in [0.4, 0.5) is 5.69 Å². The van der Waals surface area contributed by atoms with Crippen molar-refractivity contribution in [1.29, 1.82) is 0 Å². The Kier molecular flexibility index (Phi) is 9.80. The molecule has 4 aromatic carbocycles. The Morgan fingerprint density at radius 3 is 2.33 bits per heavy atom. The Labute approximate surface area is 257 Å². The SMILES string of the molecule is CC(C)N(Cc1ccc2c(c1)OCCC2NC(=O)CC(c1ccccc1)N(c1ccc2ccccc2c1)S(=O)O)C(C)C. The molecule has 5 rings (SSSR count). The summed E-state index contributed by atoms with van der Waals surface area (Å²) in [5, 5.41) is 5.20. The second-order valence-electron chi connectivity index (χ2n) is 11.7. The molecule has 0 saturated carbocycles. The maximum absolute atomic E-state index is 13.7. The van der Waals surface area contributed by atoms with Crippen molar-refractivity contribution in [2.75, 3.05) is 10.9 Å². The number of ether oxygens (including phenoxy) is 1. The fourth-order valence-corrected chi connectivity index (χ4v) is 6.70. The van der Waals surface area contributed by atoms with Crippen molar-refractivity contribution in [2.24, 2.45) is 0 Å². The molecule has 8 heteroatoms. The number of benzene rings is 4. The lowest BCUT2D eigenvalue weighted by molar-refractivity contribution is -0.122. The summed E-state index contributed by atoms with van der Waals surface area (Å²) in [5.41, 5.74) is 3.48. The van der Waals surface area contributed by atoms with E-state index in [0.717, 1.165) is 34.2 Å². The smallest absolute Gasteiger partial charge is 0.262 e. The van der Waals surface area contributed by atoms with Gasteiger partial charge in [-0.3, -0.25) is 18.6 Å². The van der Waals surface area contributed by atoms with E-state index in [1.54, 1.807) is 0 Å².